The molecule has 108 valence electrons. The van der Waals surface area contributed by atoms with Crippen molar-refractivity contribution in [1.82, 2.24) is 14.8 Å². The van der Waals surface area contributed by atoms with Crippen LogP contribution in [0.3, 0.4) is 0 Å². The number of H-pyrrole nitrogens is 1. The fourth-order valence-corrected chi connectivity index (χ4v) is 2.48. The summed E-state index contributed by atoms with van der Waals surface area (Å²) in [4.78, 5) is 14.1. The van der Waals surface area contributed by atoms with Crippen molar-refractivity contribution in [3.8, 4) is 11.3 Å². The highest BCUT2D eigenvalue weighted by atomic mass is 16.4. The van der Waals surface area contributed by atoms with E-state index in [4.69, 9.17) is 10.8 Å². The molecule has 2 aromatic heterocycles. The van der Waals surface area contributed by atoms with E-state index in [1.807, 2.05) is 43.7 Å². The smallest absolute Gasteiger partial charge is 0.320 e. The van der Waals surface area contributed by atoms with Gasteiger partial charge in [0.2, 0.25) is 0 Å². The van der Waals surface area contributed by atoms with E-state index < -0.39 is 12.0 Å². The highest BCUT2D eigenvalue weighted by molar-refractivity contribution is 5.95. The van der Waals surface area contributed by atoms with E-state index in [0.29, 0.717) is 6.42 Å². The molecule has 21 heavy (non-hydrogen) atoms. The molecule has 0 aliphatic heterocycles. The van der Waals surface area contributed by atoms with Crippen LogP contribution in [0.4, 0.5) is 0 Å². The summed E-state index contributed by atoms with van der Waals surface area (Å²) in [6.07, 6.45) is 4.00. The van der Waals surface area contributed by atoms with Crippen LogP contribution in [0.5, 0.6) is 0 Å². The lowest BCUT2D eigenvalue weighted by molar-refractivity contribution is -0.138. The molecule has 0 bridgehead atoms. The molecule has 4 N–H and O–H groups in total. The molecule has 1 atom stereocenters. The first-order chi connectivity index (χ1) is 10.1. The zero-order valence-corrected chi connectivity index (χ0v) is 11.6. The Balaban J connectivity index is 2.06. The third kappa shape index (κ3) is 2.41. The monoisotopic (exact) mass is 284 g/mol. The molecule has 0 radical (unpaired) electrons. The number of aryl methyl sites for hydroxylation is 1. The fraction of sp³-hybridized carbons (Fsp3) is 0.200. The van der Waals surface area contributed by atoms with Crippen molar-refractivity contribution in [3.05, 3.63) is 42.2 Å². The van der Waals surface area contributed by atoms with Crippen LogP contribution in [0.2, 0.25) is 0 Å². The van der Waals surface area contributed by atoms with Gasteiger partial charge in [-0.3, -0.25) is 9.48 Å². The summed E-state index contributed by atoms with van der Waals surface area (Å²) < 4.78 is 1.75. The first kappa shape index (κ1) is 13.4. The lowest BCUT2D eigenvalue weighted by Crippen LogP contribution is -2.32. The SMILES string of the molecule is Cn1ccc(-c2cccc3c(C[C@H](N)C(=O)O)c[nH]c23)n1. The Labute approximate surface area is 121 Å². The molecule has 0 fully saturated rings. The normalized spacial score (nSPS) is 12.7. The van der Waals surface area contributed by atoms with Crippen molar-refractivity contribution in [3.63, 3.8) is 0 Å². The predicted molar refractivity (Wildman–Crippen MR) is 79.8 cm³/mol. The van der Waals surface area contributed by atoms with Crippen LogP contribution in [0.1, 0.15) is 5.56 Å². The predicted octanol–water partition coefficient (Wildman–Crippen LogP) is 1.52. The number of nitrogens with one attached hydrogen (secondary N) is 1. The number of hydrogen-bond donors (Lipinski definition) is 3. The van der Waals surface area contributed by atoms with E-state index in [0.717, 1.165) is 27.7 Å². The van der Waals surface area contributed by atoms with Gasteiger partial charge in [0.1, 0.15) is 6.04 Å². The number of aromatic nitrogens is 3. The molecule has 1 aromatic carbocycles. The Hall–Kier alpha value is -2.60. The molecular formula is C15H16N4O2. The van der Waals surface area contributed by atoms with E-state index in [1.54, 1.807) is 4.68 Å². The first-order valence-corrected chi connectivity index (χ1v) is 6.63. The molecular weight excluding hydrogens is 268 g/mol. The summed E-state index contributed by atoms with van der Waals surface area (Å²) in [5, 5.41) is 14.3. The van der Waals surface area contributed by atoms with Gasteiger partial charge < -0.3 is 15.8 Å². The number of carbonyl (C=O) groups is 1. The summed E-state index contributed by atoms with van der Waals surface area (Å²) in [5.41, 5.74) is 9.33. The average Bonchev–Trinajstić information content (AvgIpc) is 3.05. The highest BCUT2D eigenvalue weighted by Crippen LogP contribution is 2.29. The van der Waals surface area contributed by atoms with Gasteiger partial charge in [0, 0.05) is 36.8 Å². The van der Waals surface area contributed by atoms with Crippen LogP contribution < -0.4 is 5.73 Å². The molecule has 3 aromatic rings. The van der Waals surface area contributed by atoms with Crippen molar-refractivity contribution >= 4 is 16.9 Å². The highest BCUT2D eigenvalue weighted by Gasteiger charge is 2.16. The lowest BCUT2D eigenvalue weighted by Gasteiger charge is -2.05. The van der Waals surface area contributed by atoms with E-state index in [-0.39, 0.29) is 0 Å². The number of benzene rings is 1. The Morgan fingerprint density at radius 3 is 2.95 bits per heavy atom. The van der Waals surface area contributed by atoms with Crippen LogP contribution in [-0.2, 0) is 18.3 Å². The summed E-state index contributed by atoms with van der Waals surface area (Å²) in [5.74, 6) is -0.995. The van der Waals surface area contributed by atoms with Gasteiger partial charge in [0.05, 0.1) is 11.2 Å². The second-order valence-electron chi connectivity index (χ2n) is 5.07. The summed E-state index contributed by atoms with van der Waals surface area (Å²) >= 11 is 0. The molecule has 0 spiro atoms. The average molecular weight is 284 g/mol. The van der Waals surface area contributed by atoms with Crippen molar-refractivity contribution in [1.29, 1.82) is 0 Å². The molecule has 0 saturated heterocycles. The second kappa shape index (κ2) is 5.06. The minimum atomic E-state index is -0.995. The number of carboxylic acids is 1. The van der Waals surface area contributed by atoms with Gasteiger partial charge in [0.15, 0.2) is 0 Å². The number of rotatable bonds is 4. The minimum Gasteiger partial charge on any atom is -0.480 e. The summed E-state index contributed by atoms with van der Waals surface area (Å²) in [7, 11) is 1.87. The van der Waals surface area contributed by atoms with Gasteiger partial charge in [0.25, 0.3) is 0 Å². The standard InChI is InChI=1S/C15H16N4O2/c1-19-6-5-13(18-19)11-4-2-3-10-9(8-17-14(10)11)7-12(16)15(20)21/h2-6,8,12,17H,7,16H2,1H3,(H,20,21)/t12-/m0/s1. The molecule has 6 nitrogen and oxygen atoms in total. The van der Waals surface area contributed by atoms with Gasteiger partial charge >= 0.3 is 5.97 Å². The number of hydrogen-bond acceptors (Lipinski definition) is 3. The first-order valence-electron chi connectivity index (χ1n) is 6.63. The number of carboxylic acid groups (broad SMARTS) is 1. The third-order valence-electron chi connectivity index (χ3n) is 3.55. The Bertz CT molecular complexity index is 803. The van der Waals surface area contributed by atoms with Crippen LogP contribution in [0.25, 0.3) is 22.2 Å². The molecule has 0 aliphatic carbocycles. The maximum absolute atomic E-state index is 10.9. The number of para-hydroxylation sites is 1. The molecule has 0 aliphatic rings. The number of aliphatic carboxylic acids is 1. The number of fused-ring (bicyclic) bond motifs is 1. The largest absolute Gasteiger partial charge is 0.480 e. The van der Waals surface area contributed by atoms with Crippen molar-refractivity contribution in [2.45, 2.75) is 12.5 Å². The van der Waals surface area contributed by atoms with E-state index in [1.165, 1.54) is 0 Å². The number of nitrogens with zero attached hydrogens (tertiary/aromatic N) is 2. The summed E-state index contributed by atoms with van der Waals surface area (Å²) in [6, 6.07) is 6.93. The van der Waals surface area contributed by atoms with Crippen LogP contribution in [-0.4, -0.2) is 31.9 Å². The molecule has 3 rings (SSSR count). The fourth-order valence-electron chi connectivity index (χ4n) is 2.48. The van der Waals surface area contributed by atoms with E-state index in [2.05, 4.69) is 10.1 Å². The van der Waals surface area contributed by atoms with E-state index >= 15 is 0 Å². The van der Waals surface area contributed by atoms with Crippen molar-refractivity contribution in [2.75, 3.05) is 0 Å². The minimum absolute atomic E-state index is 0.293. The summed E-state index contributed by atoms with van der Waals surface area (Å²) in [6.45, 7) is 0. The van der Waals surface area contributed by atoms with Gasteiger partial charge in [-0.2, -0.15) is 5.10 Å². The maximum atomic E-state index is 10.9. The number of aromatic amines is 1. The molecule has 0 saturated carbocycles. The van der Waals surface area contributed by atoms with Crippen molar-refractivity contribution < 1.29 is 9.90 Å². The second-order valence-corrected chi connectivity index (χ2v) is 5.07. The van der Waals surface area contributed by atoms with Crippen LogP contribution in [0, 0.1) is 0 Å². The zero-order valence-electron chi connectivity index (χ0n) is 11.6. The molecule has 0 amide bonds. The Kier molecular flexibility index (Phi) is 3.23. The molecule has 0 unspecified atom stereocenters. The lowest BCUT2D eigenvalue weighted by atomic mass is 10.0. The van der Waals surface area contributed by atoms with E-state index in [9.17, 15) is 4.79 Å². The third-order valence-corrected chi connectivity index (χ3v) is 3.55. The van der Waals surface area contributed by atoms with Crippen LogP contribution in [0.15, 0.2) is 36.7 Å². The van der Waals surface area contributed by atoms with Gasteiger partial charge in [-0.1, -0.05) is 18.2 Å². The van der Waals surface area contributed by atoms with Crippen molar-refractivity contribution in [2.24, 2.45) is 12.8 Å². The topological polar surface area (TPSA) is 96.9 Å². The molecule has 2 heterocycles. The van der Waals surface area contributed by atoms with Gasteiger partial charge in [-0.15, -0.1) is 0 Å². The van der Waals surface area contributed by atoms with Gasteiger partial charge in [-0.25, -0.2) is 0 Å². The Morgan fingerprint density at radius 1 is 1.48 bits per heavy atom. The zero-order chi connectivity index (χ0) is 15.0. The number of nitrogens with two attached hydrogens (primary N) is 1. The van der Waals surface area contributed by atoms with Gasteiger partial charge in [-0.05, 0) is 11.6 Å². The van der Waals surface area contributed by atoms with Crippen LogP contribution >= 0.6 is 0 Å². The quantitative estimate of drug-likeness (QED) is 0.676. The Morgan fingerprint density at radius 2 is 2.29 bits per heavy atom. The maximum Gasteiger partial charge on any atom is 0.320 e. The molecule has 6 heteroatoms.